The van der Waals surface area contributed by atoms with E-state index in [-0.39, 0.29) is 5.78 Å². The van der Waals surface area contributed by atoms with Crippen LogP contribution >= 0.6 is 11.3 Å². The Morgan fingerprint density at radius 2 is 2.00 bits per heavy atom. The van der Waals surface area contributed by atoms with Crippen LogP contribution in [-0.4, -0.2) is 12.9 Å². The molecular formula is C17H17FO2S. The normalized spacial score (nSPS) is 14.4. The van der Waals surface area contributed by atoms with E-state index in [1.807, 2.05) is 6.07 Å². The number of methoxy groups -OCH3 is 1. The van der Waals surface area contributed by atoms with Crippen molar-refractivity contribution >= 4 is 17.1 Å². The zero-order valence-corrected chi connectivity index (χ0v) is 12.8. The maximum absolute atomic E-state index is 13.4. The van der Waals surface area contributed by atoms with Gasteiger partial charge in [-0.05, 0) is 55.5 Å². The number of hydrogen-bond donors (Lipinski definition) is 0. The molecule has 0 saturated heterocycles. The molecule has 2 aromatic rings. The molecule has 0 unspecified atom stereocenters. The van der Waals surface area contributed by atoms with Crippen LogP contribution in [0.1, 0.15) is 44.9 Å². The van der Waals surface area contributed by atoms with Gasteiger partial charge in [-0.3, -0.25) is 4.79 Å². The molecular weight excluding hydrogens is 287 g/mol. The Labute approximate surface area is 127 Å². The quantitative estimate of drug-likeness (QED) is 0.621. The second kappa shape index (κ2) is 5.98. The molecule has 1 aromatic heterocycles. The minimum Gasteiger partial charge on any atom is -0.496 e. The van der Waals surface area contributed by atoms with Crippen molar-refractivity contribution in [3.8, 4) is 5.75 Å². The van der Waals surface area contributed by atoms with Crippen LogP contribution in [0.25, 0.3) is 0 Å². The molecule has 0 bridgehead atoms. The van der Waals surface area contributed by atoms with E-state index in [2.05, 4.69) is 0 Å². The Bertz CT molecular complexity index is 652. The number of benzene rings is 1. The lowest BCUT2D eigenvalue weighted by Gasteiger charge is -2.06. The van der Waals surface area contributed by atoms with Crippen molar-refractivity contribution in [2.45, 2.75) is 32.1 Å². The minimum atomic E-state index is -0.419. The fraction of sp³-hybridized carbons (Fsp3) is 0.353. The fourth-order valence-electron chi connectivity index (χ4n) is 2.77. The summed E-state index contributed by atoms with van der Waals surface area (Å²) < 4.78 is 18.6. The number of hydrogen-bond acceptors (Lipinski definition) is 3. The van der Waals surface area contributed by atoms with Crippen LogP contribution in [-0.2, 0) is 12.8 Å². The van der Waals surface area contributed by atoms with Crippen molar-refractivity contribution in [1.29, 1.82) is 0 Å². The van der Waals surface area contributed by atoms with Crippen LogP contribution in [0.5, 0.6) is 5.75 Å². The number of ether oxygens (including phenoxy) is 1. The first kappa shape index (κ1) is 14.3. The van der Waals surface area contributed by atoms with Gasteiger partial charge in [-0.2, -0.15) is 0 Å². The largest absolute Gasteiger partial charge is 0.496 e. The molecule has 1 aliphatic rings. The molecule has 0 radical (unpaired) electrons. The van der Waals surface area contributed by atoms with Crippen LogP contribution in [0.4, 0.5) is 4.39 Å². The third kappa shape index (κ3) is 2.86. The smallest absolute Gasteiger partial charge is 0.206 e. The number of carbonyl (C=O) groups is 1. The molecule has 0 amide bonds. The number of rotatable bonds is 3. The molecule has 1 heterocycles. The number of aryl methyl sites for hydroxylation is 2. The van der Waals surface area contributed by atoms with E-state index in [0.717, 1.165) is 12.8 Å². The van der Waals surface area contributed by atoms with Crippen molar-refractivity contribution in [3.05, 3.63) is 51.0 Å². The summed E-state index contributed by atoms with van der Waals surface area (Å²) in [4.78, 5) is 14.6. The summed E-state index contributed by atoms with van der Waals surface area (Å²) in [7, 11) is 1.49. The highest BCUT2D eigenvalue weighted by atomic mass is 32.1. The van der Waals surface area contributed by atoms with E-state index in [1.165, 1.54) is 55.0 Å². The summed E-state index contributed by atoms with van der Waals surface area (Å²) in [6.07, 6.45) is 5.71. The zero-order chi connectivity index (χ0) is 14.8. The Balaban J connectivity index is 1.97. The summed E-state index contributed by atoms with van der Waals surface area (Å²) in [6, 6.07) is 6.05. The Morgan fingerprint density at radius 3 is 2.81 bits per heavy atom. The van der Waals surface area contributed by atoms with Crippen molar-refractivity contribution in [1.82, 2.24) is 0 Å². The predicted molar refractivity (Wildman–Crippen MR) is 82.0 cm³/mol. The lowest BCUT2D eigenvalue weighted by atomic mass is 10.1. The highest BCUT2D eigenvalue weighted by molar-refractivity contribution is 7.14. The molecule has 110 valence electrons. The molecule has 0 fully saturated rings. The summed E-state index contributed by atoms with van der Waals surface area (Å²) in [5.41, 5.74) is 1.59. The van der Waals surface area contributed by atoms with Crippen LogP contribution in [0.3, 0.4) is 0 Å². The van der Waals surface area contributed by atoms with E-state index in [4.69, 9.17) is 4.74 Å². The molecule has 0 N–H and O–H groups in total. The monoisotopic (exact) mass is 304 g/mol. The number of carbonyl (C=O) groups excluding carboxylic acids is 1. The van der Waals surface area contributed by atoms with Gasteiger partial charge in [0.15, 0.2) is 0 Å². The van der Waals surface area contributed by atoms with E-state index in [0.29, 0.717) is 16.2 Å². The van der Waals surface area contributed by atoms with Gasteiger partial charge in [-0.25, -0.2) is 4.39 Å². The Kier molecular flexibility index (Phi) is 4.06. The second-order valence-electron chi connectivity index (χ2n) is 5.29. The second-order valence-corrected chi connectivity index (χ2v) is 6.43. The topological polar surface area (TPSA) is 26.3 Å². The Hall–Kier alpha value is -1.68. The first-order valence-electron chi connectivity index (χ1n) is 7.19. The molecule has 0 saturated carbocycles. The summed E-state index contributed by atoms with van der Waals surface area (Å²) in [5.74, 6) is -0.147. The average Bonchev–Trinajstić information content (AvgIpc) is 2.77. The summed E-state index contributed by atoms with van der Waals surface area (Å²) in [5, 5.41) is 0. The van der Waals surface area contributed by atoms with Gasteiger partial charge in [0.25, 0.3) is 0 Å². The molecule has 1 aliphatic carbocycles. The van der Waals surface area contributed by atoms with E-state index in [1.54, 1.807) is 11.3 Å². The standard InChI is InChI=1S/C17H17FO2S/c1-20-14-8-7-12(18)10-13(14)17(19)16-9-11-5-3-2-4-6-15(11)21-16/h7-10H,2-6H2,1H3. The maximum Gasteiger partial charge on any atom is 0.206 e. The van der Waals surface area contributed by atoms with Crippen molar-refractivity contribution in [2.24, 2.45) is 0 Å². The summed E-state index contributed by atoms with van der Waals surface area (Å²) >= 11 is 1.55. The molecule has 3 rings (SSSR count). The minimum absolute atomic E-state index is 0.149. The lowest BCUT2D eigenvalue weighted by molar-refractivity contribution is 0.103. The van der Waals surface area contributed by atoms with E-state index < -0.39 is 5.82 Å². The third-order valence-corrected chi connectivity index (χ3v) is 5.11. The molecule has 4 heteroatoms. The van der Waals surface area contributed by atoms with E-state index >= 15 is 0 Å². The van der Waals surface area contributed by atoms with Gasteiger partial charge >= 0.3 is 0 Å². The highest BCUT2D eigenvalue weighted by Crippen LogP contribution is 2.32. The highest BCUT2D eigenvalue weighted by Gasteiger charge is 2.20. The fourth-order valence-corrected chi connectivity index (χ4v) is 3.98. The Morgan fingerprint density at radius 1 is 1.19 bits per heavy atom. The van der Waals surface area contributed by atoms with Gasteiger partial charge in [0.2, 0.25) is 5.78 Å². The van der Waals surface area contributed by atoms with E-state index in [9.17, 15) is 9.18 Å². The third-order valence-electron chi connectivity index (χ3n) is 3.88. The molecule has 0 atom stereocenters. The molecule has 21 heavy (non-hydrogen) atoms. The number of ketones is 1. The average molecular weight is 304 g/mol. The number of thiophene rings is 1. The van der Waals surface area contributed by atoms with Gasteiger partial charge in [-0.1, -0.05) is 6.42 Å². The van der Waals surface area contributed by atoms with Gasteiger partial charge in [0, 0.05) is 4.88 Å². The lowest BCUT2D eigenvalue weighted by Crippen LogP contribution is -2.02. The van der Waals surface area contributed by atoms with Gasteiger partial charge in [0.1, 0.15) is 11.6 Å². The molecule has 2 nitrogen and oxygen atoms in total. The maximum atomic E-state index is 13.4. The molecule has 0 spiro atoms. The molecule has 1 aromatic carbocycles. The van der Waals surface area contributed by atoms with Crippen LogP contribution < -0.4 is 4.74 Å². The van der Waals surface area contributed by atoms with Crippen LogP contribution in [0.15, 0.2) is 24.3 Å². The van der Waals surface area contributed by atoms with Crippen molar-refractivity contribution < 1.29 is 13.9 Å². The van der Waals surface area contributed by atoms with Crippen LogP contribution in [0, 0.1) is 5.82 Å². The zero-order valence-electron chi connectivity index (χ0n) is 11.9. The summed E-state index contributed by atoms with van der Waals surface area (Å²) in [6.45, 7) is 0. The predicted octanol–water partition coefficient (Wildman–Crippen LogP) is 4.40. The first-order valence-corrected chi connectivity index (χ1v) is 8.00. The van der Waals surface area contributed by atoms with Crippen molar-refractivity contribution in [2.75, 3.05) is 7.11 Å². The van der Waals surface area contributed by atoms with Gasteiger partial charge in [0.05, 0.1) is 17.6 Å². The first-order chi connectivity index (χ1) is 10.2. The van der Waals surface area contributed by atoms with Gasteiger partial charge in [-0.15, -0.1) is 11.3 Å². The SMILES string of the molecule is COc1ccc(F)cc1C(=O)c1cc2c(s1)CCCCC2. The van der Waals surface area contributed by atoms with Crippen LogP contribution in [0.2, 0.25) is 0 Å². The van der Waals surface area contributed by atoms with Crippen molar-refractivity contribution in [3.63, 3.8) is 0 Å². The number of fused-ring (bicyclic) bond motifs is 1. The molecule has 0 aliphatic heterocycles. The van der Waals surface area contributed by atoms with Gasteiger partial charge < -0.3 is 4.74 Å². The number of halogens is 1.